The van der Waals surface area contributed by atoms with Crippen molar-refractivity contribution in [2.24, 2.45) is 0 Å². The lowest BCUT2D eigenvalue weighted by Gasteiger charge is -2.40. The number of nitrogens with zero attached hydrogens (tertiary/aromatic N) is 3. The highest BCUT2D eigenvalue weighted by Gasteiger charge is 2.32. The predicted octanol–water partition coefficient (Wildman–Crippen LogP) is 1.24. The van der Waals surface area contributed by atoms with Crippen molar-refractivity contribution >= 4 is 11.7 Å². The molecule has 3 N–H and O–H groups in total. The van der Waals surface area contributed by atoms with E-state index < -0.39 is 0 Å². The van der Waals surface area contributed by atoms with Crippen LogP contribution in [0.25, 0.3) is 0 Å². The molecule has 0 saturated carbocycles. The maximum Gasteiger partial charge on any atom is 0.152 e. The Morgan fingerprint density at radius 1 is 1.41 bits per heavy atom. The molecule has 22 heavy (non-hydrogen) atoms. The van der Waals surface area contributed by atoms with Crippen LogP contribution < -0.4 is 10.6 Å². The van der Waals surface area contributed by atoms with Crippen LogP contribution in [-0.2, 0) is 4.74 Å². The van der Waals surface area contributed by atoms with Gasteiger partial charge in [0, 0.05) is 26.2 Å². The van der Waals surface area contributed by atoms with Crippen molar-refractivity contribution in [2.75, 3.05) is 32.5 Å². The Labute approximate surface area is 131 Å². The number of aromatic nitrogens is 2. The normalized spacial score (nSPS) is 25.3. The second-order valence-corrected chi connectivity index (χ2v) is 6.04. The maximum atomic E-state index is 8.42. The first-order valence-electron chi connectivity index (χ1n) is 8.09. The van der Waals surface area contributed by atoms with Gasteiger partial charge in [0.05, 0.1) is 17.9 Å². The topological polar surface area (TPSA) is 78.2 Å². The molecule has 0 aromatic carbocycles. The molecule has 122 valence electrons. The van der Waals surface area contributed by atoms with Gasteiger partial charge in [-0.3, -0.25) is 5.41 Å². The quantitative estimate of drug-likeness (QED) is 0.563. The van der Waals surface area contributed by atoms with Gasteiger partial charge in [-0.15, -0.1) is 0 Å². The fourth-order valence-electron chi connectivity index (χ4n) is 3.18. The van der Waals surface area contributed by atoms with Crippen LogP contribution >= 0.6 is 0 Å². The predicted molar refractivity (Wildman–Crippen MR) is 86.5 cm³/mol. The highest BCUT2D eigenvalue weighted by Crippen LogP contribution is 2.33. The third-order valence-electron chi connectivity index (χ3n) is 4.71. The SMILES string of the molecule is CCC1CCC(n2ncc(C(=N)N3CC(NC)C3)c2NC)O1. The molecule has 2 saturated heterocycles. The van der Waals surface area contributed by atoms with Crippen LogP contribution in [0.4, 0.5) is 5.82 Å². The van der Waals surface area contributed by atoms with Gasteiger partial charge in [0.15, 0.2) is 6.23 Å². The monoisotopic (exact) mass is 306 g/mol. The van der Waals surface area contributed by atoms with Gasteiger partial charge in [0.25, 0.3) is 0 Å². The van der Waals surface area contributed by atoms with E-state index in [2.05, 4.69) is 27.6 Å². The summed E-state index contributed by atoms with van der Waals surface area (Å²) in [5.74, 6) is 1.41. The molecule has 1 aromatic heterocycles. The number of likely N-dealkylation sites (N-methyl/N-ethyl adjacent to an activating group) is 1. The second-order valence-electron chi connectivity index (χ2n) is 6.04. The Kier molecular flexibility index (Phi) is 4.35. The van der Waals surface area contributed by atoms with Gasteiger partial charge in [-0.1, -0.05) is 6.92 Å². The largest absolute Gasteiger partial charge is 0.373 e. The maximum absolute atomic E-state index is 8.42. The summed E-state index contributed by atoms with van der Waals surface area (Å²) in [6, 6.07) is 0.483. The lowest BCUT2D eigenvalue weighted by Crippen LogP contribution is -2.58. The zero-order valence-electron chi connectivity index (χ0n) is 13.6. The number of hydrogen-bond acceptors (Lipinski definition) is 5. The minimum atomic E-state index is -0.0182. The molecule has 3 heterocycles. The van der Waals surface area contributed by atoms with Crippen LogP contribution in [0, 0.1) is 5.41 Å². The minimum Gasteiger partial charge on any atom is -0.373 e. The van der Waals surface area contributed by atoms with Crippen LogP contribution in [0.5, 0.6) is 0 Å². The summed E-state index contributed by atoms with van der Waals surface area (Å²) in [4.78, 5) is 2.06. The van der Waals surface area contributed by atoms with E-state index in [-0.39, 0.29) is 6.23 Å². The fraction of sp³-hybridized carbons (Fsp3) is 0.733. The standard InChI is InChI=1S/C15H26N6O/c1-4-11-5-6-13(22-11)21-15(18-3)12(7-19-21)14(16)20-8-10(9-20)17-2/h7,10-11,13,16-18H,4-6,8-9H2,1-3H3. The van der Waals surface area contributed by atoms with Gasteiger partial charge in [-0.05, 0) is 26.3 Å². The number of amidine groups is 1. The molecule has 2 atom stereocenters. The van der Waals surface area contributed by atoms with Crippen molar-refractivity contribution in [1.82, 2.24) is 20.0 Å². The first kappa shape index (κ1) is 15.3. The van der Waals surface area contributed by atoms with Crippen molar-refractivity contribution in [1.29, 1.82) is 5.41 Å². The molecule has 7 nitrogen and oxygen atoms in total. The molecule has 0 aliphatic carbocycles. The molecular formula is C15H26N6O. The number of anilines is 1. The van der Waals surface area contributed by atoms with E-state index in [4.69, 9.17) is 10.1 Å². The number of hydrogen-bond donors (Lipinski definition) is 3. The lowest BCUT2D eigenvalue weighted by atomic mass is 10.1. The second kappa shape index (κ2) is 6.26. The average molecular weight is 306 g/mol. The zero-order chi connectivity index (χ0) is 15.7. The van der Waals surface area contributed by atoms with Gasteiger partial charge in [-0.2, -0.15) is 5.10 Å². The summed E-state index contributed by atoms with van der Waals surface area (Å²) < 4.78 is 7.93. The van der Waals surface area contributed by atoms with Crippen LogP contribution in [0.15, 0.2) is 6.20 Å². The third kappa shape index (κ3) is 2.59. The molecule has 2 unspecified atom stereocenters. The number of rotatable bonds is 5. The molecule has 0 spiro atoms. The Bertz CT molecular complexity index is 536. The van der Waals surface area contributed by atoms with Crippen molar-refractivity contribution in [2.45, 2.75) is 44.6 Å². The van der Waals surface area contributed by atoms with E-state index in [0.29, 0.717) is 18.0 Å². The summed E-state index contributed by atoms with van der Waals surface area (Å²) >= 11 is 0. The molecule has 3 rings (SSSR count). The first-order valence-corrected chi connectivity index (χ1v) is 8.09. The summed E-state index contributed by atoms with van der Waals surface area (Å²) in [6.07, 6.45) is 5.18. The van der Waals surface area contributed by atoms with Crippen molar-refractivity contribution in [3.8, 4) is 0 Å². The highest BCUT2D eigenvalue weighted by atomic mass is 16.5. The van der Waals surface area contributed by atoms with Crippen LogP contribution in [0.1, 0.15) is 38.0 Å². The molecule has 2 aliphatic rings. The van der Waals surface area contributed by atoms with Gasteiger partial charge in [-0.25, -0.2) is 4.68 Å². The van der Waals surface area contributed by atoms with E-state index >= 15 is 0 Å². The zero-order valence-corrected chi connectivity index (χ0v) is 13.6. The number of nitrogens with one attached hydrogen (secondary N) is 3. The lowest BCUT2D eigenvalue weighted by molar-refractivity contribution is -0.00508. The smallest absolute Gasteiger partial charge is 0.152 e. The highest BCUT2D eigenvalue weighted by molar-refractivity contribution is 6.01. The van der Waals surface area contributed by atoms with Crippen LogP contribution in [-0.4, -0.2) is 59.8 Å². The van der Waals surface area contributed by atoms with Crippen molar-refractivity contribution < 1.29 is 4.74 Å². The fourth-order valence-corrected chi connectivity index (χ4v) is 3.18. The summed E-state index contributed by atoms with van der Waals surface area (Å²) in [6.45, 7) is 3.90. The molecule has 7 heteroatoms. The number of likely N-dealkylation sites (tertiary alicyclic amines) is 1. The minimum absolute atomic E-state index is 0.0182. The molecule has 0 bridgehead atoms. The van der Waals surface area contributed by atoms with E-state index in [1.54, 1.807) is 6.20 Å². The summed E-state index contributed by atoms with van der Waals surface area (Å²) in [7, 11) is 3.84. The molecule has 0 amide bonds. The van der Waals surface area contributed by atoms with E-state index in [0.717, 1.165) is 43.7 Å². The summed E-state index contributed by atoms with van der Waals surface area (Å²) in [5.41, 5.74) is 0.848. The Morgan fingerprint density at radius 2 is 2.18 bits per heavy atom. The average Bonchev–Trinajstić information content (AvgIpc) is 3.11. The summed E-state index contributed by atoms with van der Waals surface area (Å²) in [5, 5.41) is 19.3. The Morgan fingerprint density at radius 3 is 2.77 bits per heavy atom. The third-order valence-corrected chi connectivity index (χ3v) is 4.71. The molecule has 0 radical (unpaired) electrons. The van der Waals surface area contributed by atoms with Gasteiger partial charge < -0.3 is 20.3 Å². The Hall–Kier alpha value is -1.60. The Balaban J connectivity index is 1.75. The molecule has 2 fully saturated rings. The van der Waals surface area contributed by atoms with E-state index in [1.165, 1.54) is 0 Å². The van der Waals surface area contributed by atoms with Gasteiger partial charge in [0.1, 0.15) is 11.7 Å². The van der Waals surface area contributed by atoms with E-state index in [9.17, 15) is 0 Å². The van der Waals surface area contributed by atoms with Crippen molar-refractivity contribution in [3.05, 3.63) is 11.8 Å². The molecule has 1 aromatic rings. The molecule has 2 aliphatic heterocycles. The number of ether oxygens (including phenoxy) is 1. The van der Waals surface area contributed by atoms with Crippen LogP contribution in [0.2, 0.25) is 0 Å². The molecular weight excluding hydrogens is 280 g/mol. The first-order chi connectivity index (χ1) is 10.7. The van der Waals surface area contributed by atoms with Gasteiger partial charge in [0.2, 0.25) is 0 Å². The van der Waals surface area contributed by atoms with E-state index in [1.807, 2.05) is 18.8 Å². The van der Waals surface area contributed by atoms with Crippen molar-refractivity contribution in [3.63, 3.8) is 0 Å². The van der Waals surface area contributed by atoms with Crippen LogP contribution in [0.3, 0.4) is 0 Å². The van der Waals surface area contributed by atoms with Gasteiger partial charge >= 0.3 is 0 Å².